The monoisotopic (exact) mass is 382 g/mol. The quantitative estimate of drug-likeness (QED) is 0.872. The Kier molecular flexibility index (Phi) is 5.07. The summed E-state index contributed by atoms with van der Waals surface area (Å²) in [6.07, 6.45) is 2.08. The first kappa shape index (κ1) is 17.9. The minimum absolute atomic E-state index is 0.0117. The van der Waals surface area contributed by atoms with Crippen LogP contribution in [0.4, 0.5) is 5.69 Å². The van der Waals surface area contributed by atoms with E-state index in [1.54, 1.807) is 7.11 Å². The van der Waals surface area contributed by atoms with Crippen LogP contribution in [-0.2, 0) is 9.59 Å². The van der Waals surface area contributed by atoms with Gasteiger partial charge in [-0.3, -0.25) is 9.59 Å². The molecule has 5 nitrogen and oxygen atoms in total. The minimum Gasteiger partial charge on any atom is -0.496 e. The summed E-state index contributed by atoms with van der Waals surface area (Å²) in [4.78, 5) is 28.4. The van der Waals surface area contributed by atoms with Crippen molar-refractivity contribution in [3.8, 4) is 5.75 Å². The van der Waals surface area contributed by atoms with Gasteiger partial charge in [0, 0.05) is 23.4 Å². The van der Waals surface area contributed by atoms with E-state index in [9.17, 15) is 9.59 Å². The summed E-state index contributed by atoms with van der Waals surface area (Å²) in [6, 6.07) is 15.6. The van der Waals surface area contributed by atoms with E-state index in [0.29, 0.717) is 0 Å². The molecule has 2 amide bonds. The summed E-state index contributed by atoms with van der Waals surface area (Å²) in [5, 5.41) is 2.52. The summed E-state index contributed by atoms with van der Waals surface area (Å²) in [5.74, 6) is 0.733. The average molecular weight is 382 g/mol. The molecular weight excluding hydrogens is 360 g/mol. The highest BCUT2D eigenvalue weighted by molar-refractivity contribution is 8.01. The number of rotatable bonds is 4. The summed E-state index contributed by atoms with van der Waals surface area (Å²) >= 11 is 1.47. The molecule has 0 spiro atoms. The van der Waals surface area contributed by atoms with Gasteiger partial charge >= 0.3 is 0 Å². The van der Waals surface area contributed by atoms with Gasteiger partial charge in [-0.15, -0.1) is 11.8 Å². The van der Waals surface area contributed by atoms with Crippen LogP contribution in [-0.4, -0.2) is 35.6 Å². The Labute approximate surface area is 163 Å². The van der Waals surface area contributed by atoms with Gasteiger partial charge in [-0.2, -0.15) is 0 Å². The van der Waals surface area contributed by atoms with Gasteiger partial charge in [-0.1, -0.05) is 30.3 Å². The number of carbonyl (C=O) groups is 2. The number of nitrogens with one attached hydrogen (secondary N) is 1. The van der Waals surface area contributed by atoms with E-state index in [4.69, 9.17) is 4.74 Å². The van der Waals surface area contributed by atoms with Crippen molar-refractivity contribution >= 4 is 29.3 Å². The van der Waals surface area contributed by atoms with Gasteiger partial charge in [0.25, 0.3) is 0 Å². The van der Waals surface area contributed by atoms with E-state index in [1.807, 2.05) is 53.4 Å². The smallest absolute Gasteiger partial charge is 0.238 e. The topological polar surface area (TPSA) is 58.6 Å². The van der Waals surface area contributed by atoms with Crippen LogP contribution >= 0.6 is 11.8 Å². The first-order valence-corrected chi connectivity index (χ1v) is 10.0. The molecule has 2 atom stereocenters. The molecular formula is C21H22N2O3S. The molecule has 4 rings (SSSR count). The Morgan fingerprint density at radius 3 is 2.85 bits per heavy atom. The number of fused-ring (bicyclic) bond motifs is 1. The number of carbonyl (C=O) groups excluding carboxylic acids is 2. The standard InChI is InChI=1S/C21H22N2O3S/c1-26-17-10-4-2-7-14(17)16-9-6-12-23(16)20(24)13-19-21(25)22-15-8-3-5-11-18(15)27-19/h2-5,7-8,10-11,16,19H,6,9,12-13H2,1H3,(H,22,25). The predicted molar refractivity (Wildman–Crippen MR) is 106 cm³/mol. The highest BCUT2D eigenvalue weighted by Gasteiger charge is 2.35. The Bertz CT molecular complexity index is 870. The second-order valence-electron chi connectivity index (χ2n) is 6.78. The Hall–Kier alpha value is -2.47. The van der Waals surface area contributed by atoms with Gasteiger partial charge in [0.15, 0.2) is 0 Å². The van der Waals surface area contributed by atoms with Crippen molar-refractivity contribution in [1.82, 2.24) is 4.90 Å². The van der Waals surface area contributed by atoms with Gasteiger partial charge in [-0.05, 0) is 31.0 Å². The van der Waals surface area contributed by atoms with Gasteiger partial charge in [-0.25, -0.2) is 0 Å². The van der Waals surface area contributed by atoms with E-state index < -0.39 is 5.25 Å². The molecule has 2 aliphatic heterocycles. The fourth-order valence-electron chi connectivity index (χ4n) is 3.83. The van der Waals surface area contributed by atoms with Crippen LogP contribution in [0.1, 0.15) is 30.9 Å². The van der Waals surface area contributed by atoms with Crippen molar-refractivity contribution in [2.45, 2.75) is 35.4 Å². The first-order chi connectivity index (χ1) is 13.2. The molecule has 6 heteroatoms. The molecule has 2 aromatic rings. The van der Waals surface area contributed by atoms with Gasteiger partial charge in [0.1, 0.15) is 5.75 Å². The van der Waals surface area contributed by atoms with Gasteiger partial charge in [0.05, 0.1) is 24.1 Å². The molecule has 1 saturated heterocycles. The molecule has 1 fully saturated rings. The van der Waals surface area contributed by atoms with E-state index in [1.165, 1.54) is 11.8 Å². The number of hydrogen-bond acceptors (Lipinski definition) is 4. The number of nitrogens with zero attached hydrogens (tertiary/aromatic N) is 1. The highest BCUT2D eigenvalue weighted by Crippen LogP contribution is 2.40. The van der Waals surface area contributed by atoms with Crippen molar-refractivity contribution in [3.05, 3.63) is 54.1 Å². The zero-order chi connectivity index (χ0) is 18.8. The zero-order valence-corrected chi connectivity index (χ0v) is 16.0. The number of anilines is 1. The molecule has 2 aliphatic rings. The van der Waals surface area contributed by atoms with Crippen molar-refractivity contribution < 1.29 is 14.3 Å². The fraction of sp³-hybridized carbons (Fsp3) is 0.333. The molecule has 0 bridgehead atoms. The van der Waals surface area contributed by atoms with Crippen LogP contribution in [0.25, 0.3) is 0 Å². The molecule has 2 heterocycles. The zero-order valence-electron chi connectivity index (χ0n) is 15.2. The maximum atomic E-state index is 13.0. The number of hydrogen-bond donors (Lipinski definition) is 1. The lowest BCUT2D eigenvalue weighted by atomic mass is 10.0. The van der Waals surface area contributed by atoms with Crippen LogP contribution < -0.4 is 10.1 Å². The van der Waals surface area contributed by atoms with Crippen LogP contribution in [0.5, 0.6) is 5.75 Å². The van der Waals surface area contributed by atoms with Crippen molar-refractivity contribution in [2.75, 3.05) is 19.0 Å². The molecule has 1 N–H and O–H groups in total. The number of ether oxygens (including phenoxy) is 1. The van der Waals surface area contributed by atoms with E-state index in [2.05, 4.69) is 5.32 Å². The normalized spacial score (nSPS) is 21.5. The number of likely N-dealkylation sites (tertiary alicyclic amines) is 1. The molecule has 0 radical (unpaired) electrons. The third-order valence-electron chi connectivity index (χ3n) is 5.14. The lowest BCUT2D eigenvalue weighted by Crippen LogP contribution is -2.37. The molecule has 2 aromatic carbocycles. The third kappa shape index (κ3) is 3.54. The molecule has 2 unspecified atom stereocenters. The first-order valence-electron chi connectivity index (χ1n) is 9.16. The number of amides is 2. The highest BCUT2D eigenvalue weighted by atomic mass is 32.2. The minimum atomic E-state index is -0.397. The largest absolute Gasteiger partial charge is 0.496 e. The number of benzene rings is 2. The Morgan fingerprint density at radius 1 is 1.22 bits per heavy atom. The fourth-order valence-corrected chi connectivity index (χ4v) is 4.93. The number of thioether (sulfide) groups is 1. The van der Waals surface area contributed by atoms with E-state index in [0.717, 1.165) is 41.3 Å². The van der Waals surface area contributed by atoms with Gasteiger partial charge in [0.2, 0.25) is 11.8 Å². The lowest BCUT2D eigenvalue weighted by molar-refractivity contribution is -0.133. The molecule has 0 aliphatic carbocycles. The molecule has 27 heavy (non-hydrogen) atoms. The van der Waals surface area contributed by atoms with Crippen molar-refractivity contribution in [1.29, 1.82) is 0 Å². The average Bonchev–Trinajstić information content (AvgIpc) is 3.18. The van der Waals surface area contributed by atoms with Crippen molar-refractivity contribution in [2.24, 2.45) is 0 Å². The Morgan fingerprint density at radius 2 is 2.00 bits per heavy atom. The van der Waals surface area contributed by atoms with Crippen LogP contribution in [0.2, 0.25) is 0 Å². The number of para-hydroxylation sites is 2. The maximum absolute atomic E-state index is 13.0. The van der Waals surface area contributed by atoms with Crippen LogP contribution in [0, 0.1) is 0 Å². The van der Waals surface area contributed by atoms with Crippen molar-refractivity contribution in [3.63, 3.8) is 0 Å². The maximum Gasteiger partial charge on any atom is 0.238 e. The van der Waals surface area contributed by atoms with Gasteiger partial charge < -0.3 is 15.0 Å². The molecule has 0 aromatic heterocycles. The second-order valence-corrected chi connectivity index (χ2v) is 8.03. The van der Waals surface area contributed by atoms with E-state index >= 15 is 0 Å². The Balaban J connectivity index is 1.50. The van der Waals surface area contributed by atoms with Crippen LogP contribution in [0.3, 0.4) is 0 Å². The number of methoxy groups -OCH3 is 1. The molecule has 0 saturated carbocycles. The molecule has 140 valence electrons. The summed E-state index contributed by atoms with van der Waals surface area (Å²) in [7, 11) is 1.65. The lowest BCUT2D eigenvalue weighted by Gasteiger charge is -2.29. The SMILES string of the molecule is COc1ccccc1C1CCCN1C(=O)CC1Sc2ccccc2NC1=O. The predicted octanol–water partition coefficient (Wildman–Crippen LogP) is 3.86. The second kappa shape index (κ2) is 7.64. The summed E-state index contributed by atoms with van der Waals surface area (Å²) in [5.41, 5.74) is 1.86. The summed E-state index contributed by atoms with van der Waals surface area (Å²) in [6.45, 7) is 0.719. The van der Waals surface area contributed by atoms with E-state index in [-0.39, 0.29) is 24.3 Å². The van der Waals surface area contributed by atoms with Crippen LogP contribution in [0.15, 0.2) is 53.4 Å². The third-order valence-corrected chi connectivity index (χ3v) is 6.41. The summed E-state index contributed by atoms with van der Waals surface area (Å²) < 4.78 is 5.49.